The van der Waals surface area contributed by atoms with Crippen molar-refractivity contribution in [1.29, 1.82) is 0 Å². The van der Waals surface area contributed by atoms with E-state index in [1.54, 1.807) is 6.92 Å². The van der Waals surface area contributed by atoms with Gasteiger partial charge in [-0.3, -0.25) is 4.72 Å². The molecule has 0 spiro atoms. The Morgan fingerprint density at radius 3 is 2.37 bits per heavy atom. The predicted octanol–water partition coefficient (Wildman–Crippen LogP) is 4.80. The first-order valence-electron chi connectivity index (χ1n) is 8.53. The maximum absolute atomic E-state index is 13.8. The smallest absolute Gasteiger partial charge is 0.262 e. The average molecular weight is 443 g/mol. The van der Waals surface area contributed by atoms with Crippen molar-refractivity contribution < 1.29 is 30.4 Å². The number of benzene rings is 1. The van der Waals surface area contributed by atoms with Crippen LogP contribution in [0.1, 0.15) is 18.1 Å². The van der Waals surface area contributed by atoms with Crippen molar-refractivity contribution in [1.82, 2.24) is 9.97 Å². The molecule has 0 amide bonds. The topological polar surface area (TPSA) is 72.0 Å². The van der Waals surface area contributed by atoms with E-state index in [2.05, 4.69) is 9.97 Å². The van der Waals surface area contributed by atoms with Crippen molar-refractivity contribution in [3.63, 3.8) is 0 Å². The minimum Gasteiger partial charge on any atom is -0.262 e. The normalized spacial score (nSPS) is 12.1. The van der Waals surface area contributed by atoms with E-state index in [9.17, 15) is 30.4 Å². The van der Waals surface area contributed by atoms with Crippen LogP contribution in [-0.4, -0.2) is 18.4 Å². The Labute approximate surface area is 168 Å². The minimum atomic E-state index is -4.82. The summed E-state index contributed by atoms with van der Waals surface area (Å²) in [5, 5.41) is -0.675. The van der Waals surface area contributed by atoms with Crippen LogP contribution in [0, 0.1) is 11.8 Å². The maximum atomic E-state index is 13.8. The lowest BCUT2D eigenvalue weighted by atomic mass is 9.98. The number of aryl methyl sites for hydroxylation is 1. The number of halogens is 5. The molecule has 0 aliphatic rings. The van der Waals surface area contributed by atoms with Gasteiger partial charge in [-0.25, -0.2) is 14.4 Å². The third kappa shape index (κ3) is 4.56. The molecule has 5 nitrogen and oxygen atoms in total. The number of nitrogens with zero attached hydrogens (tertiary/aromatic N) is 2. The van der Waals surface area contributed by atoms with Crippen molar-refractivity contribution in [2.75, 3.05) is 4.72 Å². The Morgan fingerprint density at radius 1 is 1.00 bits per heavy atom. The molecule has 2 heterocycles. The van der Waals surface area contributed by atoms with E-state index in [-0.39, 0.29) is 12.0 Å². The number of sulfonamides is 1. The molecule has 11 heteroatoms. The molecule has 0 aliphatic heterocycles. The fraction of sp³-hybridized carbons (Fsp3) is 0.158. The van der Waals surface area contributed by atoms with E-state index < -0.39 is 50.1 Å². The lowest BCUT2D eigenvalue weighted by Gasteiger charge is -2.16. The van der Waals surface area contributed by atoms with E-state index in [0.717, 1.165) is 36.4 Å². The van der Waals surface area contributed by atoms with Crippen LogP contribution >= 0.6 is 0 Å². The van der Waals surface area contributed by atoms with Crippen molar-refractivity contribution in [3.8, 4) is 11.3 Å². The fourth-order valence-corrected chi connectivity index (χ4v) is 3.72. The lowest BCUT2D eigenvalue weighted by molar-refractivity contribution is -0.137. The minimum absolute atomic E-state index is 0.116. The van der Waals surface area contributed by atoms with Crippen LogP contribution in [0.15, 0.2) is 53.6 Å². The van der Waals surface area contributed by atoms with E-state index in [4.69, 9.17) is 0 Å². The summed E-state index contributed by atoms with van der Waals surface area (Å²) in [6, 6.07) is 7.86. The summed E-state index contributed by atoms with van der Waals surface area (Å²) in [6.45, 7) is 1.67. The van der Waals surface area contributed by atoms with Crippen LogP contribution in [0.4, 0.5) is 27.8 Å². The highest BCUT2D eigenvalue weighted by Crippen LogP contribution is 2.38. The molecule has 0 saturated carbocycles. The van der Waals surface area contributed by atoms with E-state index >= 15 is 0 Å². The summed E-state index contributed by atoms with van der Waals surface area (Å²) in [6.07, 6.45) is -4.53. The molecule has 0 fully saturated rings. The van der Waals surface area contributed by atoms with Gasteiger partial charge in [0.1, 0.15) is 11.6 Å². The molecule has 0 bridgehead atoms. The summed E-state index contributed by atoms with van der Waals surface area (Å²) in [5.74, 6) is -2.28. The van der Waals surface area contributed by atoms with Gasteiger partial charge in [-0.15, -0.1) is 0 Å². The first kappa shape index (κ1) is 21.6. The monoisotopic (exact) mass is 443 g/mol. The largest absolute Gasteiger partial charge is 0.418 e. The zero-order chi connectivity index (χ0) is 22.1. The summed E-state index contributed by atoms with van der Waals surface area (Å²) in [4.78, 5) is 7.04. The van der Waals surface area contributed by atoms with Gasteiger partial charge in [0.25, 0.3) is 10.0 Å². The predicted molar refractivity (Wildman–Crippen MR) is 99.0 cm³/mol. The first-order chi connectivity index (χ1) is 14.0. The van der Waals surface area contributed by atoms with Gasteiger partial charge in [-0.05, 0) is 48.4 Å². The number of nitrogens with one attached hydrogen (secondary N) is 1. The quantitative estimate of drug-likeness (QED) is 0.454. The second-order valence-corrected chi connectivity index (χ2v) is 7.78. The number of anilines is 1. The Balaban J connectivity index is 2.14. The van der Waals surface area contributed by atoms with Gasteiger partial charge in [0.2, 0.25) is 5.95 Å². The standard InChI is InChI=1S/C19H14F5N3O2S/c1-2-11-6-7-12(20)10-13(11)18-14(19(22,23)24)8-9-16(26-18)27-30(28,29)17-5-3-4-15(21)25-17/h3-10H,2H2,1H3,(H,26,27). The molecule has 1 N–H and O–H groups in total. The maximum Gasteiger partial charge on any atom is 0.418 e. The highest BCUT2D eigenvalue weighted by Gasteiger charge is 2.35. The van der Waals surface area contributed by atoms with Crippen LogP contribution in [0.2, 0.25) is 0 Å². The third-order valence-corrected chi connectivity index (χ3v) is 5.37. The summed E-state index contributed by atoms with van der Waals surface area (Å²) < 4.78 is 94.4. The van der Waals surface area contributed by atoms with Crippen molar-refractivity contribution >= 4 is 15.8 Å². The molecule has 3 rings (SSSR count). The van der Waals surface area contributed by atoms with Crippen LogP contribution in [0.3, 0.4) is 0 Å². The second-order valence-electron chi connectivity index (χ2n) is 6.15. The number of rotatable bonds is 5. The summed E-state index contributed by atoms with van der Waals surface area (Å²) in [7, 11) is -4.43. The molecule has 0 aliphatic carbocycles. The van der Waals surface area contributed by atoms with Crippen molar-refractivity contribution in [2.45, 2.75) is 24.5 Å². The average Bonchev–Trinajstić information content (AvgIpc) is 2.66. The van der Waals surface area contributed by atoms with Crippen LogP contribution in [-0.2, 0) is 22.6 Å². The van der Waals surface area contributed by atoms with Gasteiger partial charge in [0, 0.05) is 5.56 Å². The highest BCUT2D eigenvalue weighted by atomic mass is 32.2. The third-order valence-electron chi connectivity index (χ3n) is 4.11. The van der Waals surface area contributed by atoms with E-state index in [0.29, 0.717) is 11.6 Å². The molecule has 0 radical (unpaired) electrons. The molecule has 2 aromatic heterocycles. The first-order valence-corrected chi connectivity index (χ1v) is 10.0. The van der Waals surface area contributed by atoms with Crippen LogP contribution in [0.25, 0.3) is 11.3 Å². The molecule has 1 aromatic carbocycles. The lowest BCUT2D eigenvalue weighted by Crippen LogP contribution is -2.17. The second kappa shape index (κ2) is 7.98. The van der Waals surface area contributed by atoms with E-state index in [1.807, 2.05) is 4.72 Å². The Hall–Kier alpha value is -3.08. The summed E-state index contributed by atoms with van der Waals surface area (Å²) in [5.41, 5.74) is -1.52. The van der Waals surface area contributed by atoms with Gasteiger partial charge >= 0.3 is 6.18 Å². The number of pyridine rings is 2. The number of aromatic nitrogens is 2. The molecule has 0 atom stereocenters. The number of hydrogen-bond acceptors (Lipinski definition) is 4. The van der Waals surface area contributed by atoms with Gasteiger partial charge < -0.3 is 0 Å². The van der Waals surface area contributed by atoms with Crippen molar-refractivity contribution in [3.05, 3.63) is 71.4 Å². The molecule has 30 heavy (non-hydrogen) atoms. The molecule has 158 valence electrons. The van der Waals surface area contributed by atoms with Crippen LogP contribution in [0.5, 0.6) is 0 Å². The van der Waals surface area contributed by atoms with Crippen LogP contribution < -0.4 is 4.72 Å². The highest BCUT2D eigenvalue weighted by molar-refractivity contribution is 7.92. The Morgan fingerprint density at radius 2 is 1.73 bits per heavy atom. The van der Waals surface area contributed by atoms with E-state index in [1.165, 1.54) is 6.07 Å². The van der Waals surface area contributed by atoms with Gasteiger partial charge in [0.05, 0.1) is 11.3 Å². The molecule has 0 saturated heterocycles. The Bertz CT molecular complexity index is 1200. The fourth-order valence-electron chi connectivity index (χ4n) is 2.76. The van der Waals surface area contributed by atoms with Gasteiger partial charge in [-0.1, -0.05) is 19.1 Å². The zero-order valence-corrected chi connectivity index (χ0v) is 16.2. The van der Waals surface area contributed by atoms with Gasteiger partial charge in [0.15, 0.2) is 5.03 Å². The molecule has 0 unspecified atom stereocenters. The summed E-state index contributed by atoms with van der Waals surface area (Å²) >= 11 is 0. The van der Waals surface area contributed by atoms with Gasteiger partial charge in [-0.2, -0.15) is 26.0 Å². The number of alkyl halides is 3. The Kier molecular flexibility index (Phi) is 5.75. The molecular weight excluding hydrogens is 429 g/mol. The zero-order valence-electron chi connectivity index (χ0n) is 15.3. The SMILES string of the molecule is CCc1ccc(F)cc1-c1nc(NS(=O)(=O)c2cccc(F)n2)ccc1C(F)(F)F. The number of hydrogen-bond donors (Lipinski definition) is 1. The molecular formula is C19H14F5N3O2S. The van der Waals surface area contributed by atoms with Crippen molar-refractivity contribution in [2.24, 2.45) is 0 Å². The molecule has 3 aromatic rings.